The van der Waals surface area contributed by atoms with Crippen molar-refractivity contribution < 1.29 is 0 Å². The molecule has 4 heteroatoms. The van der Waals surface area contributed by atoms with E-state index in [9.17, 15) is 0 Å². The van der Waals surface area contributed by atoms with Gasteiger partial charge in [0.2, 0.25) is 0 Å². The highest BCUT2D eigenvalue weighted by Crippen LogP contribution is 2.31. The molecule has 2 heterocycles. The molecule has 0 unspecified atom stereocenters. The zero-order valence-electron chi connectivity index (χ0n) is 7.36. The van der Waals surface area contributed by atoms with Crippen LogP contribution in [0, 0.1) is 0 Å². The molecule has 0 spiro atoms. The van der Waals surface area contributed by atoms with E-state index in [-0.39, 0.29) is 0 Å². The molecule has 14 heavy (non-hydrogen) atoms. The monoisotopic (exact) mass is 184 g/mol. The van der Waals surface area contributed by atoms with Gasteiger partial charge in [-0.2, -0.15) is 0 Å². The van der Waals surface area contributed by atoms with Crippen molar-refractivity contribution in [2.75, 3.05) is 5.43 Å². The fourth-order valence-corrected chi connectivity index (χ4v) is 1.57. The predicted molar refractivity (Wildman–Crippen MR) is 56.7 cm³/mol. The second kappa shape index (κ2) is 2.70. The summed E-state index contributed by atoms with van der Waals surface area (Å²) in [4.78, 5) is 8.49. The van der Waals surface area contributed by atoms with Gasteiger partial charge < -0.3 is 0 Å². The van der Waals surface area contributed by atoms with E-state index < -0.39 is 0 Å². The third-order valence-corrected chi connectivity index (χ3v) is 2.22. The lowest BCUT2D eigenvalue weighted by Gasteiger charge is -2.14. The summed E-state index contributed by atoms with van der Waals surface area (Å²) in [7, 11) is 0. The number of anilines is 1. The molecule has 0 atom stereocenters. The minimum atomic E-state index is 0.863. The van der Waals surface area contributed by atoms with Crippen molar-refractivity contribution >= 4 is 28.6 Å². The largest absolute Gasteiger partial charge is 0.297 e. The van der Waals surface area contributed by atoms with Gasteiger partial charge >= 0.3 is 0 Å². The van der Waals surface area contributed by atoms with Crippen LogP contribution >= 0.6 is 0 Å². The quantitative estimate of drug-likeness (QED) is 0.656. The summed E-state index contributed by atoms with van der Waals surface area (Å²) in [6.45, 7) is 0. The van der Waals surface area contributed by atoms with Gasteiger partial charge in [0, 0.05) is 5.39 Å². The number of rotatable bonds is 0. The van der Waals surface area contributed by atoms with Gasteiger partial charge in [-0.1, -0.05) is 18.2 Å². The number of hydrazine groups is 1. The fourth-order valence-electron chi connectivity index (χ4n) is 1.57. The van der Waals surface area contributed by atoms with Crippen LogP contribution in [-0.2, 0) is 0 Å². The molecule has 0 saturated heterocycles. The van der Waals surface area contributed by atoms with Gasteiger partial charge in [0.1, 0.15) is 12.0 Å². The zero-order valence-corrected chi connectivity index (χ0v) is 7.36. The number of aromatic nitrogens is 1. The maximum atomic E-state index is 4.31. The first-order valence-electron chi connectivity index (χ1n) is 4.37. The van der Waals surface area contributed by atoms with E-state index in [1.165, 1.54) is 0 Å². The molecule has 4 nitrogen and oxygen atoms in total. The molecule has 3 rings (SSSR count). The molecule has 0 fully saturated rings. The van der Waals surface area contributed by atoms with Crippen LogP contribution in [0.25, 0.3) is 10.9 Å². The molecule has 2 N–H and O–H groups in total. The van der Waals surface area contributed by atoms with Gasteiger partial charge in [-0.05, 0) is 6.07 Å². The lowest BCUT2D eigenvalue weighted by Crippen LogP contribution is -2.22. The Morgan fingerprint density at radius 1 is 1.14 bits per heavy atom. The summed E-state index contributed by atoms with van der Waals surface area (Å²) in [6.07, 6.45) is 3.38. The standard InChI is InChI=1S/C10H8N4/c1-2-4-8-7(3-1)10-9(5-11-8)12-6-13-14-10/h1-6,14H,(H,12,13). The summed E-state index contributed by atoms with van der Waals surface area (Å²) < 4.78 is 0. The predicted octanol–water partition coefficient (Wildman–Crippen LogP) is 1.82. The number of hydrogen-bond acceptors (Lipinski definition) is 4. The number of para-hydroxylation sites is 1. The number of aliphatic imine (C=N–C) groups is 1. The second-order valence-corrected chi connectivity index (χ2v) is 3.06. The topological polar surface area (TPSA) is 49.3 Å². The van der Waals surface area contributed by atoms with Gasteiger partial charge in [-0.15, -0.1) is 0 Å². The molecule has 1 aromatic heterocycles. The first-order chi connectivity index (χ1) is 6.95. The molecule has 0 amide bonds. The van der Waals surface area contributed by atoms with Crippen molar-refractivity contribution in [1.82, 2.24) is 10.4 Å². The average molecular weight is 184 g/mol. The van der Waals surface area contributed by atoms with Crippen LogP contribution in [0.5, 0.6) is 0 Å². The highest BCUT2D eigenvalue weighted by Gasteiger charge is 2.08. The van der Waals surface area contributed by atoms with Crippen molar-refractivity contribution in [3.05, 3.63) is 30.5 Å². The van der Waals surface area contributed by atoms with Crippen LogP contribution < -0.4 is 10.9 Å². The summed E-state index contributed by atoms with van der Waals surface area (Å²) in [5, 5.41) is 1.08. The van der Waals surface area contributed by atoms with E-state index in [4.69, 9.17) is 0 Å². The molecule has 0 aliphatic carbocycles. The van der Waals surface area contributed by atoms with Gasteiger partial charge in [0.15, 0.2) is 0 Å². The number of fused-ring (bicyclic) bond motifs is 3. The highest BCUT2D eigenvalue weighted by atomic mass is 15.4. The summed E-state index contributed by atoms with van der Waals surface area (Å²) in [5.74, 6) is 0. The molecular weight excluding hydrogens is 176 g/mol. The Labute approximate surface area is 80.7 Å². The molecule has 68 valence electrons. The fraction of sp³-hybridized carbons (Fsp3) is 0. The number of nitrogens with one attached hydrogen (secondary N) is 2. The molecule has 0 bridgehead atoms. The number of nitrogens with zero attached hydrogens (tertiary/aromatic N) is 2. The summed E-state index contributed by atoms with van der Waals surface area (Å²) in [5.41, 5.74) is 8.75. The number of benzene rings is 1. The first-order valence-corrected chi connectivity index (χ1v) is 4.37. The summed E-state index contributed by atoms with van der Waals surface area (Å²) in [6, 6.07) is 7.97. The first kappa shape index (κ1) is 7.32. The normalized spacial score (nSPS) is 13.1. The lowest BCUT2D eigenvalue weighted by molar-refractivity contribution is 1.12. The Morgan fingerprint density at radius 2 is 2.07 bits per heavy atom. The van der Waals surface area contributed by atoms with Crippen LogP contribution in [0.4, 0.5) is 11.4 Å². The van der Waals surface area contributed by atoms with Gasteiger partial charge in [-0.3, -0.25) is 15.8 Å². The number of pyridine rings is 1. The van der Waals surface area contributed by atoms with Crippen molar-refractivity contribution in [2.45, 2.75) is 0 Å². The van der Waals surface area contributed by atoms with Crippen LogP contribution in [0.2, 0.25) is 0 Å². The SMILES string of the molecule is C1=Nc2cnc3ccccc3c2NN1. The van der Waals surface area contributed by atoms with Crippen LogP contribution in [0.1, 0.15) is 0 Å². The van der Waals surface area contributed by atoms with Crippen LogP contribution in [0.3, 0.4) is 0 Å². The zero-order chi connectivity index (χ0) is 9.38. The minimum absolute atomic E-state index is 0.863. The lowest BCUT2D eigenvalue weighted by atomic mass is 10.1. The Kier molecular flexibility index (Phi) is 1.41. The van der Waals surface area contributed by atoms with Crippen molar-refractivity contribution in [1.29, 1.82) is 0 Å². The Hall–Kier alpha value is -2.10. The van der Waals surface area contributed by atoms with Crippen LogP contribution in [0.15, 0.2) is 35.5 Å². The third kappa shape index (κ3) is 0.939. The highest BCUT2D eigenvalue weighted by molar-refractivity contribution is 5.98. The third-order valence-electron chi connectivity index (χ3n) is 2.22. The van der Waals surface area contributed by atoms with E-state index in [0.717, 1.165) is 22.3 Å². The van der Waals surface area contributed by atoms with Crippen molar-refractivity contribution in [3.8, 4) is 0 Å². The van der Waals surface area contributed by atoms with E-state index in [2.05, 4.69) is 20.8 Å². The van der Waals surface area contributed by atoms with Gasteiger partial charge in [0.25, 0.3) is 0 Å². The minimum Gasteiger partial charge on any atom is -0.297 e. The maximum absolute atomic E-state index is 4.31. The molecule has 1 aromatic carbocycles. The van der Waals surface area contributed by atoms with Crippen molar-refractivity contribution in [2.24, 2.45) is 4.99 Å². The van der Waals surface area contributed by atoms with Gasteiger partial charge in [0.05, 0.1) is 17.4 Å². The van der Waals surface area contributed by atoms with Crippen LogP contribution in [-0.4, -0.2) is 11.3 Å². The second-order valence-electron chi connectivity index (χ2n) is 3.06. The number of hydrogen-bond donors (Lipinski definition) is 2. The molecule has 0 radical (unpaired) electrons. The molecule has 2 aromatic rings. The molecular formula is C10H8N4. The van der Waals surface area contributed by atoms with E-state index in [1.54, 1.807) is 12.5 Å². The maximum Gasteiger partial charge on any atom is 0.109 e. The smallest absolute Gasteiger partial charge is 0.109 e. The Balaban J connectivity index is 2.41. The van der Waals surface area contributed by atoms with E-state index >= 15 is 0 Å². The Bertz CT molecular complexity index is 519. The molecule has 1 aliphatic heterocycles. The van der Waals surface area contributed by atoms with E-state index in [1.807, 2.05) is 24.3 Å². The average Bonchev–Trinajstić information content (AvgIpc) is 2.29. The Morgan fingerprint density at radius 3 is 3.07 bits per heavy atom. The van der Waals surface area contributed by atoms with Gasteiger partial charge in [-0.25, -0.2) is 4.99 Å². The molecule has 1 aliphatic rings. The van der Waals surface area contributed by atoms with Crippen molar-refractivity contribution in [3.63, 3.8) is 0 Å². The molecule has 0 saturated carbocycles. The van der Waals surface area contributed by atoms with E-state index in [0.29, 0.717) is 0 Å². The summed E-state index contributed by atoms with van der Waals surface area (Å²) >= 11 is 0.